The molecule has 25 heavy (non-hydrogen) atoms. The van der Waals surface area contributed by atoms with Gasteiger partial charge in [-0.3, -0.25) is 4.79 Å². The van der Waals surface area contributed by atoms with Crippen LogP contribution in [-0.4, -0.2) is 39.6 Å². The first kappa shape index (κ1) is 16.3. The molecular formula is C17H15N5O3. The Balaban J connectivity index is 1.66. The number of anilines is 1. The molecule has 0 bridgehead atoms. The monoisotopic (exact) mass is 337 g/mol. The van der Waals surface area contributed by atoms with Gasteiger partial charge in [0.15, 0.2) is 6.61 Å². The van der Waals surface area contributed by atoms with Crippen LogP contribution in [0.1, 0.15) is 0 Å². The summed E-state index contributed by atoms with van der Waals surface area (Å²) in [7, 11) is 1.60. The zero-order valence-corrected chi connectivity index (χ0v) is 13.4. The van der Waals surface area contributed by atoms with Crippen LogP contribution in [0.2, 0.25) is 0 Å². The van der Waals surface area contributed by atoms with E-state index in [4.69, 9.17) is 9.47 Å². The van der Waals surface area contributed by atoms with Crippen LogP contribution in [0, 0.1) is 0 Å². The van der Waals surface area contributed by atoms with E-state index in [9.17, 15) is 4.79 Å². The van der Waals surface area contributed by atoms with Crippen molar-refractivity contribution in [2.24, 2.45) is 0 Å². The number of aromatic nitrogens is 4. The molecule has 126 valence electrons. The maximum absolute atomic E-state index is 12.0. The van der Waals surface area contributed by atoms with Gasteiger partial charge >= 0.3 is 6.01 Å². The highest BCUT2D eigenvalue weighted by Crippen LogP contribution is 2.23. The summed E-state index contributed by atoms with van der Waals surface area (Å²) in [5.74, 6) is 0.719. The van der Waals surface area contributed by atoms with Crippen LogP contribution >= 0.6 is 0 Å². The van der Waals surface area contributed by atoms with Gasteiger partial charge in [-0.1, -0.05) is 12.1 Å². The van der Waals surface area contributed by atoms with Crippen LogP contribution < -0.4 is 14.8 Å². The highest BCUT2D eigenvalue weighted by molar-refractivity contribution is 5.91. The number of amides is 1. The number of hydrogen-bond acceptors (Lipinski definition) is 7. The third-order valence-corrected chi connectivity index (χ3v) is 3.17. The lowest BCUT2D eigenvalue weighted by Crippen LogP contribution is -2.21. The molecular weight excluding hydrogens is 322 g/mol. The lowest BCUT2D eigenvalue weighted by molar-refractivity contribution is -0.118. The Bertz CT molecular complexity index is 858. The molecule has 0 saturated carbocycles. The van der Waals surface area contributed by atoms with Gasteiger partial charge in [-0.25, -0.2) is 19.9 Å². The molecule has 8 heteroatoms. The first-order valence-corrected chi connectivity index (χ1v) is 7.41. The van der Waals surface area contributed by atoms with Crippen LogP contribution in [0.25, 0.3) is 11.3 Å². The van der Waals surface area contributed by atoms with Gasteiger partial charge in [0.2, 0.25) is 0 Å². The highest BCUT2D eigenvalue weighted by atomic mass is 16.5. The predicted molar refractivity (Wildman–Crippen MR) is 90.2 cm³/mol. The minimum atomic E-state index is -0.372. The molecule has 3 aromatic rings. The average Bonchev–Trinajstić information content (AvgIpc) is 2.67. The van der Waals surface area contributed by atoms with Crippen LogP contribution in [0.5, 0.6) is 11.8 Å². The molecule has 0 atom stereocenters. The molecule has 2 heterocycles. The van der Waals surface area contributed by atoms with Crippen molar-refractivity contribution >= 4 is 11.7 Å². The van der Waals surface area contributed by atoms with E-state index in [0.29, 0.717) is 11.5 Å². The van der Waals surface area contributed by atoms with Crippen molar-refractivity contribution in [3.63, 3.8) is 0 Å². The van der Waals surface area contributed by atoms with Crippen molar-refractivity contribution in [1.29, 1.82) is 0 Å². The van der Waals surface area contributed by atoms with E-state index < -0.39 is 0 Å². The molecule has 0 unspecified atom stereocenters. The van der Waals surface area contributed by atoms with E-state index in [1.165, 1.54) is 18.7 Å². The number of nitrogens with zero attached hydrogens (tertiary/aromatic N) is 4. The quantitative estimate of drug-likeness (QED) is 0.734. The van der Waals surface area contributed by atoms with E-state index in [0.717, 1.165) is 11.3 Å². The zero-order valence-electron chi connectivity index (χ0n) is 13.4. The summed E-state index contributed by atoms with van der Waals surface area (Å²) in [5.41, 5.74) is 1.52. The summed E-state index contributed by atoms with van der Waals surface area (Å²) >= 11 is 0. The molecule has 0 saturated heterocycles. The van der Waals surface area contributed by atoms with E-state index in [-0.39, 0.29) is 18.5 Å². The van der Waals surface area contributed by atoms with E-state index in [1.54, 1.807) is 19.2 Å². The molecule has 1 amide bonds. The fraction of sp³-hybridized carbons (Fsp3) is 0.118. The maximum Gasteiger partial charge on any atom is 0.316 e. The van der Waals surface area contributed by atoms with Gasteiger partial charge in [-0.2, -0.15) is 0 Å². The van der Waals surface area contributed by atoms with Gasteiger partial charge < -0.3 is 14.8 Å². The Kier molecular flexibility index (Phi) is 5.10. The third kappa shape index (κ3) is 4.47. The van der Waals surface area contributed by atoms with Crippen molar-refractivity contribution in [2.45, 2.75) is 0 Å². The zero-order chi connectivity index (χ0) is 17.5. The number of carbonyl (C=O) groups excluding carboxylic acids is 1. The Hall–Kier alpha value is -3.55. The highest BCUT2D eigenvalue weighted by Gasteiger charge is 2.08. The lowest BCUT2D eigenvalue weighted by Gasteiger charge is -2.07. The molecule has 2 aromatic heterocycles. The second-order valence-corrected chi connectivity index (χ2v) is 4.89. The van der Waals surface area contributed by atoms with Crippen LogP contribution in [0.4, 0.5) is 5.82 Å². The molecule has 1 N–H and O–H groups in total. The Morgan fingerprint density at radius 1 is 1.08 bits per heavy atom. The number of ether oxygens (including phenoxy) is 2. The molecule has 0 fully saturated rings. The van der Waals surface area contributed by atoms with E-state index >= 15 is 0 Å². The van der Waals surface area contributed by atoms with Crippen LogP contribution in [0.3, 0.4) is 0 Å². The summed E-state index contributed by atoms with van der Waals surface area (Å²) in [4.78, 5) is 28.0. The molecule has 0 radical (unpaired) electrons. The molecule has 0 aliphatic rings. The largest absolute Gasteiger partial charge is 0.497 e. The van der Waals surface area contributed by atoms with Crippen molar-refractivity contribution in [3.05, 3.63) is 55.1 Å². The number of nitrogens with one attached hydrogen (secondary N) is 1. The normalized spacial score (nSPS) is 10.1. The van der Waals surface area contributed by atoms with E-state index in [2.05, 4.69) is 25.3 Å². The molecule has 3 rings (SSSR count). The number of benzene rings is 1. The lowest BCUT2D eigenvalue weighted by atomic mass is 10.1. The first-order valence-electron chi connectivity index (χ1n) is 7.41. The van der Waals surface area contributed by atoms with E-state index in [1.807, 2.05) is 24.3 Å². The third-order valence-electron chi connectivity index (χ3n) is 3.17. The predicted octanol–water partition coefficient (Wildman–Crippen LogP) is 1.96. The smallest absolute Gasteiger partial charge is 0.316 e. The summed E-state index contributed by atoms with van der Waals surface area (Å²) in [6, 6.07) is 10.9. The van der Waals surface area contributed by atoms with Gasteiger partial charge in [0.25, 0.3) is 5.91 Å². The standard InChI is InChI=1S/C17H15N5O3/c1-24-13-5-2-4-12(8-13)14-9-15(21-11-20-14)22-16(23)10-25-17-18-6-3-7-19-17/h2-9,11H,10H2,1H3,(H,20,21,22,23). The fourth-order valence-corrected chi connectivity index (χ4v) is 2.03. The minimum Gasteiger partial charge on any atom is -0.497 e. The fourth-order valence-electron chi connectivity index (χ4n) is 2.03. The van der Waals surface area contributed by atoms with Crippen molar-refractivity contribution in [2.75, 3.05) is 19.0 Å². The number of carbonyl (C=O) groups is 1. The summed E-state index contributed by atoms with van der Waals surface area (Å²) in [6.45, 7) is -0.220. The molecule has 1 aromatic carbocycles. The number of hydrogen-bond donors (Lipinski definition) is 1. The molecule has 0 spiro atoms. The number of rotatable bonds is 6. The minimum absolute atomic E-state index is 0.136. The van der Waals surface area contributed by atoms with Gasteiger partial charge in [0.05, 0.1) is 12.8 Å². The summed E-state index contributed by atoms with van der Waals surface area (Å²) in [6.07, 6.45) is 4.45. The summed E-state index contributed by atoms with van der Waals surface area (Å²) < 4.78 is 10.4. The van der Waals surface area contributed by atoms with Crippen LogP contribution in [0.15, 0.2) is 55.1 Å². The Morgan fingerprint density at radius 2 is 1.92 bits per heavy atom. The first-order chi connectivity index (χ1) is 12.2. The SMILES string of the molecule is COc1cccc(-c2cc(NC(=O)COc3ncccn3)ncn2)c1. The van der Waals surface area contributed by atoms with Crippen LogP contribution in [-0.2, 0) is 4.79 Å². The van der Waals surface area contributed by atoms with Gasteiger partial charge in [0, 0.05) is 24.0 Å². The second-order valence-electron chi connectivity index (χ2n) is 4.89. The average molecular weight is 337 g/mol. The second kappa shape index (κ2) is 7.82. The molecule has 0 aliphatic carbocycles. The topological polar surface area (TPSA) is 99.1 Å². The molecule has 8 nitrogen and oxygen atoms in total. The van der Waals surface area contributed by atoms with Gasteiger partial charge in [0.1, 0.15) is 17.9 Å². The Morgan fingerprint density at radius 3 is 2.72 bits per heavy atom. The van der Waals surface area contributed by atoms with Crippen molar-refractivity contribution < 1.29 is 14.3 Å². The van der Waals surface area contributed by atoms with Crippen molar-refractivity contribution in [3.8, 4) is 23.0 Å². The summed E-state index contributed by atoms with van der Waals surface area (Å²) in [5, 5.41) is 2.65. The maximum atomic E-state index is 12.0. The Labute approximate surface area is 143 Å². The number of methoxy groups -OCH3 is 1. The van der Waals surface area contributed by atoms with Crippen molar-refractivity contribution in [1.82, 2.24) is 19.9 Å². The van der Waals surface area contributed by atoms with Gasteiger partial charge in [-0.15, -0.1) is 0 Å². The molecule has 0 aliphatic heterocycles. The van der Waals surface area contributed by atoms with Gasteiger partial charge in [-0.05, 0) is 18.2 Å².